The summed E-state index contributed by atoms with van der Waals surface area (Å²) >= 11 is 1.89. The molecule has 0 bridgehead atoms. The van der Waals surface area contributed by atoms with Gasteiger partial charge in [0.15, 0.2) is 0 Å². The van der Waals surface area contributed by atoms with Crippen LogP contribution in [0.25, 0.3) is 0 Å². The van der Waals surface area contributed by atoms with Gasteiger partial charge >= 0.3 is 98.2 Å². The van der Waals surface area contributed by atoms with Crippen molar-refractivity contribution in [2.45, 2.75) is 118 Å². The van der Waals surface area contributed by atoms with E-state index in [1.807, 2.05) is 22.7 Å². The average molecular weight is 568 g/mol. The van der Waals surface area contributed by atoms with Crippen molar-refractivity contribution in [2.75, 3.05) is 0 Å². The third-order valence-corrected chi connectivity index (χ3v) is 22.1. The molecule has 0 atom stereocenters. The van der Waals surface area contributed by atoms with E-state index in [1.165, 1.54) is 68.6 Å². The molecule has 0 aliphatic heterocycles. The quantitative estimate of drug-likeness (QED) is 0.167. The van der Waals surface area contributed by atoms with Gasteiger partial charge in [-0.05, 0) is 31.1 Å². The van der Waals surface area contributed by atoms with E-state index in [-0.39, 0.29) is 0 Å². The Kier molecular flexibility index (Phi) is 13.4. The molecule has 0 N–H and O–H groups in total. The van der Waals surface area contributed by atoms with Crippen LogP contribution in [-0.4, -0.2) is 18.4 Å². The molecule has 0 spiro atoms. The molecular weight excluding hydrogens is 519 g/mol. The van der Waals surface area contributed by atoms with Crippen LogP contribution in [0.1, 0.15) is 109 Å². The van der Waals surface area contributed by atoms with Crippen molar-refractivity contribution in [2.24, 2.45) is 5.41 Å². The molecule has 1 fully saturated rings. The minimum absolute atomic E-state index is 0.793. The minimum atomic E-state index is -1.96. The molecule has 1 aliphatic carbocycles. The molecule has 0 unspecified atom stereocenters. The van der Waals surface area contributed by atoms with Crippen molar-refractivity contribution in [3.8, 4) is 0 Å². The molecule has 1 aliphatic rings. The monoisotopic (exact) mass is 568 g/mol. The van der Waals surface area contributed by atoms with E-state index in [0.29, 0.717) is 0 Å². The predicted molar refractivity (Wildman–Crippen MR) is 148 cm³/mol. The molecule has 3 rings (SSSR count). The van der Waals surface area contributed by atoms with Gasteiger partial charge in [-0.15, -0.1) is 0 Å². The Hall–Kier alpha value is 0.199. The zero-order valence-electron chi connectivity index (χ0n) is 20.9. The first-order valence-electron chi connectivity index (χ1n) is 13.1. The van der Waals surface area contributed by atoms with Crippen LogP contribution < -0.4 is 2.89 Å². The molecule has 31 heavy (non-hydrogen) atoms. The summed E-state index contributed by atoms with van der Waals surface area (Å²) in [4.78, 5) is 6.62. The fourth-order valence-corrected chi connectivity index (χ4v) is 18.4. The number of thiophene rings is 2. The number of unbranched alkanes of at least 4 members (excludes halogenated alkanes) is 6. The van der Waals surface area contributed by atoms with Gasteiger partial charge in [0.1, 0.15) is 0 Å². The van der Waals surface area contributed by atoms with Gasteiger partial charge in [-0.1, -0.05) is 78.1 Å². The summed E-state index contributed by atoms with van der Waals surface area (Å²) in [5, 5.41) is 4.40. The van der Waals surface area contributed by atoms with E-state index < -0.39 is 18.4 Å². The van der Waals surface area contributed by atoms with Crippen molar-refractivity contribution in [3.63, 3.8) is 0 Å². The van der Waals surface area contributed by atoms with Crippen LogP contribution in [0.5, 0.6) is 0 Å². The molecular formula is C28H48S2Sn. The van der Waals surface area contributed by atoms with Gasteiger partial charge in [-0.3, -0.25) is 0 Å². The van der Waals surface area contributed by atoms with E-state index in [9.17, 15) is 0 Å². The second-order valence-corrected chi connectivity index (χ2v) is 26.8. The number of rotatable bonds is 13. The molecule has 0 aromatic carbocycles. The average Bonchev–Trinajstić information content (AvgIpc) is 3.52. The van der Waals surface area contributed by atoms with Gasteiger partial charge in [0.2, 0.25) is 0 Å². The summed E-state index contributed by atoms with van der Waals surface area (Å²) in [7, 11) is 0. The second-order valence-electron chi connectivity index (χ2n) is 10.4. The molecule has 1 saturated carbocycles. The standard InChI is InChI=1S/C17H34.C5H5S.C4H3S.2CH3.Sn/c1-3-5-7-9-13-17(15-11-12-16-17)14-10-8-6-4-2;1-5-3-2-4-6-5;1-2-4-5-3-1;;;/h3-16H2,1-2H3;2-4H,1H2;1-3H;2*1H3;. The summed E-state index contributed by atoms with van der Waals surface area (Å²) in [5.41, 5.74) is 0.793. The Labute approximate surface area is 206 Å². The first kappa shape index (κ1) is 27.4. The Balaban J connectivity index is 0.000000224. The molecule has 0 amide bonds. The normalized spacial score (nSPS) is 15.6. The summed E-state index contributed by atoms with van der Waals surface area (Å²) in [6.45, 7) is 4.63. The third-order valence-electron chi connectivity index (χ3n) is 7.17. The van der Waals surface area contributed by atoms with E-state index in [4.69, 9.17) is 0 Å². The van der Waals surface area contributed by atoms with Gasteiger partial charge < -0.3 is 0 Å². The topological polar surface area (TPSA) is 0 Å². The first-order valence-corrected chi connectivity index (χ1v) is 24.0. The van der Waals surface area contributed by atoms with Gasteiger partial charge in [-0.25, -0.2) is 0 Å². The van der Waals surface area contributed by atoms with Crippen LogP contribution in [0.15, 0.2) is 35.0 Å². The van der Waals surface area contributed by atoms with Crippen LogP contribution in [0.3, 0.4) is 0 Å². The molecule has 0 saturated heterocycles. The van der Waals surface area contributed by atoms with Crippen molar-refractivity contribution in [1.82, 2.24) is 0 Å². The molecule has 2 aromatic rings. The molecule has 0 nitrogen and oxygen atoms in total. The fourth-order valence-electron chi connectivity index (χ4n) is 5.20. The van der Waals surface area contributed by atoms with Crippen molar-refractivity contribution >= 4 is 43.9 Å². The zero-order chi connectivity index (χ0) is 22.4. The zero-order valence-corrected chi connectivity index (χ0v) is 25.4. The molecule has 3 heteroatoms. The molecule has 176 valence electrons. The summed E-state index contributed by atoms with van der Waals surface area (Å²) in [6.07, 6.45) is 20.8. The SMILES string of the molecule is CCCCCCC1(CCCCCC)CCCC1.[CH3][Sn]([CH3])([CH2]c1cccs1)[c]1cccs1. The fraction of sp³-hybridized carbons (Fsp3) is 0.714. The van der Waals surface area contributed by atoms with E-state index in [1.54, 1.807) is 33.5 Å². The van der Waals surface area contributed by atoms with Crippen molar-refractivity contribution in [1.29, 1.82) is 0 Å². The number of hydrogen-bond acceptors (Lipinski definition) is 2. The summed E-state index contributed by atoms with van der Waals surface area (Å²) < 4.78 is 3.04. The van der Waals surface area contributed by atoms with Gasteiger partial charge in [-0.2, -0.15) is 0 Å². The second kappa shape index (κ2) is 15.2. The Morgan fingerprint density at radius 2 is 1.35 bits per heavy atom. The Morgan fingerprint density at radius 1 is 0.774 bits per heavy atom. The Morgan fingerprint density at radius 3 is 1.84 bits per heavy atom. The summed E-state index contributed by atoms with van der Waals surface area (Å²) in [6, 6.07) is 8.95. The van der Waals surface area contributed by atoms with Gasteiger partial charge in [0.25, 0.3) is 0 Å². The maximum absolute atomic E-state index is 2.53. The maximum atomic E-state index is 2.53. The van der Waals surface area contributed by atoms with Crippen LogP contribution in [0.2, 0.25) is 9.88 Å². The van der Waals surface area contributed by atoms with E-state index in [2.05, 4.69) is 58.8 Å². The molecule has 2 aromatic heterocycles. The Bertz CT molecular complexity index is 637. The molecule has 0 radical (unpaired) electrons. The van der Waals surface area contributed by atoms with E-state index >= 15 is 0 Å². The van der Waals surface area contributed by atoms with Crippen molar-refractivity contribution in [3.05, 3.63) is 39.9 Å². The third kappa shape index (κ3) is 10.3. The predicted octanol–water partition coefficient (Wildman–Crippen LogP) is 9.99. The van der Waals surface area contributed by atoms with E-state index in [0.717, 1.165) is 5.41 Å². The summed E-state index contributed by atoms with van der Waals surface area (Å²) in [5.74, 6) is 0. The van der Waals surface area contributed by atoms with Gasteiger partial charge in [0.05, 0.1) is 0 Å². The van der Waals surface area contributed by atoms with Gasteiger partial charge in [0, 0.05) is 0 Å². The molecule has 2 heterocycles. The van der Waals surface area contributed by atoms with Crippen LogP contribution in [0.4, 0.5) is 0 Å². The van der Waals surface area contributed by atoms with Crippen molar-refractivity contribution < 1.29 is 0 Å². The number of hydrogen-bond donors (Lipinski definition) is 0. The first-order chi connectivity index (χ1) is 15.0. The van der Waals surface area contributed by atoms with Crippen LogP contribution in [-0.2, 0) is 4.44 Å². The van der Waals surface area contributed by atoms with Crippen LogP contribution >= 0.6 is 22.7 Å². The van der Waals surface area contributed by atoms with Crippen LogP contribution in [0, 0.1) is 5.41 Å².